The second-order valence-corrected chi connectivity index (χ2v) is 11.6. The molecule has 43 heavy (non-hydrogen) atoms. The molecule has 4 heterocycles. The number of para-hydroxylation sites is 1. The summed E-state index contributed by atoms with van der Waals surface area (Å²) in [7, 11) is 0. The van der Waals surface area contributed by atoms with Crippen molar-refractivity contribution in [1.82, 2.24) is 9.97 Å². The molecule has 208 valence electrons. The molecule has 5 heteroatoms. The first-order valence-electron chi connectivity index (χ1n) is 14.5. The third-order valence-corrected chi connectivity index (χ3v) is 8.64. The maximum Gasteiger partial charge on any atom is 0.150 e. The molecule has 1 unspecified atom stereocenters. The first-order valence-corrected chi connectivity index (χ1v) is 14.5. The summed E-state index contributed by atoms with van der Waals surface area (Å²) in [4.78, 5) is 11.3. The number of halogens is 1. The molecule has 0 saturated carbocycles. The SMILES string of the molecule is CC1(C)c2ccc(C(F)c3cccc(-c4ccccn4)c3)cc2N(c2ccccn2)c2ccc3c(oc4ccccc43)c21. The van der Waals surface area contributed by atoms with Gasteiger partial charge in [0.1, 0.15) is 17.0 Å². The van der Waals surface area contributed by atoms with Gasteiger partial charge in [-0.05, 0) is 71.3 Å². The highest BCUT2D eigenvalue weighted by atomic mass is 19.1. The lowest BCUT2D eigenvalue weighted by Crippen LogP contribution is -2.31. The first-order chi connectivity index (χ1) is 21.0. The van der Waals surface area contributed by atoms with Crippen LogP contribution in [-0.4, -0.2) is 9.97 Å². The Labute approximate surface area is 249 Å². The van der Waals surface area contributed by atoms with Gasteiger partial charge in [-0.25, -0.2) is 9.37 Å². The van der Waals surface area contributed by atoms with Crippen LogP contribution in [0, 0.1) is 0 Å². The Bertz CT molecular complexity index is 2140. The second kappa shape index (κ2) is 9.63. The summed E-state index contributed by atoms with van der Waals surface area (Å²) >= 11 is 0. The Kier molecular flexibility index (Phi) is 5.70. The summed E-state index contributed by atoms with van der Waals surface area (Å²) in [6, 6.07) is 37.6. The van der Waals surface area contributed by atoms with Gasteiger partial charge in [0.15, 0.2) is 6.17 Å². The fourth-order valence-corrected chi connectivity index (χ4v) is 6.57. The van der Waals surface area contributed by atoms with Crippen molar-refractivity contribution >= 4 is 39.1 Å². The molecule has 1 aliphatic rings. The summed E-state index contributed by atoms with van der Waals surface area (Å²) in [5.41, 5.74) is 8.25. The molecule has 0 fully saturated rings. The van der Waals surface area contributed by atoms with Gasteiger partial charge in [-0.1, -0.05) is 74.5 Å². The number of furan rings is 1. The van der Waals surface area contributed by atoms with Gasteiger partial charge in [-0.15, -0.1) is 0 Å². The van der Waals surface area contributed by atoms with E-state index in [1.807, 2.05) is 91.0 Å². The standard InChI is InChI=1S/C38H28FN3O/c1-38(2)29-18-16-26(36(39)25-11-9-10-24(22-25)30-13-5-7-20-40-30)23-32(29)42(34-15-6-8-21-41-34)31-19-17-28-27-12-3-4-14-33(27)43-37(28)35(31)38/h3-23,36H,1-2H3. The highest BCUT2D eigenvalue weighted by molar-refractivity contribution is 6.09. The van der Waals surface area contributed by atoms with E-state index in [1.54, 1.807) is 12.4 Å². The maximum atomic E-state index is 16.4. The molecule has 7 aromatic rings. The summed E-state index contributed by atoms with van der Waals surface area (Å²) in [6.45, 7) is 4.44. The molecule has 1 aliphatic heterocycles. The number of alkyl halides is 1. The van der Waals surface area contributed by atoms with Gasteiger partial charge in [0, 0.05) is 39.7 Å². The zero-order valence-electron chi connectivity index (χ0n) is 23.8. The van der Waals surface area contributed by atoms with E-state index < -0.39 is 11.6 Å². The molecule has 0 aliphatic carbocycles. The molecule has 0 N–H and O–H groups in total. The van der Waals surface area contributed by atoms with Crippen LogP contribution in [0.25, 0.3) is 33.2 Å². The van der Waals surface area contributed by atoms with E-state index in [-0.39, 0.29) is 0 Å². The predicted octanol–water partition coefficient (Wildman–Crippen LogP) is 10.2. The lowest BCUT2D eigenvalue weighted by Gasteiger charge is -2.41. The Morgan fingerprint density at radius 3 is 2.30 bits per heavy atom. The second-order valence-electron chi connectivity index (χ2n) is 11.6. The van der Waals surface area contributed by atoms with Crippen molar-refractivity contribution < 1.29 is 8.81 Å². The smallest absolute Gasteiger partial charge is 0.150 e. The van der Waals surface area contributed by atoms with E-state index >= 15 is 4.39 Å². The quantitative estimate of drug-likeness (QED) is 0.214. The van der Waals surface area contributed by atoms with E-state index in [4.69, 9.17) is 9.40 Å². The van der Waals surface area contributed by atoms with Crippen molar-refractivity contribution in [2.24, 2.45) is 0 Å². The summed E-state index contributed by atoms with van der Waals surface area (Å²) < 4.78 is 22.9. The fourth-order valence-electron chi connectivity index (χ4n) is 6.57. The molecule has 0 saturated heterocycles. The number of anilines is 3. The topological polar surface area (TPSA) is 42.2 Å². The van der Waals surface area contributed by atoms with Crippen molar-refractivity contribution in [2.45, 2.75) is 25.4 Å². The Morgan fingerprint density at radius 2 is 1.49 bits per heavy atom. The lowest BCUT2D eigenvalue weighted by atomic mass is 9.72. The van der Waals surface area contributed by atoms with Crippen LogP contribution in [-0.2, 0) is 5.41 Å². The van der Waals surface area contributed by atoms with E-state index in [0.29, 0.717) is 11.1 Å². The lowest BCUT2D eigenvalue weighted by molar-refractivity contribution is 0.402. The number of hydrogen-bond acceptors (Lipinski definition) is 4. The van der Waals surface area contributed by atoms with E-state index in [2.05, 4.69) is 48.0 Å². The molecule has 3 aromatic heterocycles. The van der Waals surface area contributed by atoms with Gasteiger partial charge in [0.2, 0.25) is 0 Å². The van der Waals surface area contributed by atoms with Crippen molar-refractivity contribution in [3.05, 3.63) is 150 Å². The fraction of sp³-hybridized carbons (Fsp3) is 0.105. The van der Waals surface area contributed by atoms with Gasteiger partial charge < -0.3 is 4.42 Å². The minimum Gasteiger partial charge on any atom is -0.456 e. The van der Waals surface area contributed by atoms with Gasteiger partial charge in [0.05, 0.1) is 17.1 Å². The van der Waals surface area contributed by atoms with Crippen molar-refractivity contribution in [1.29, 1.82) is 0 Å². The minimum atomic E-state index is -1.32. The summed E-state index contributed by atoms with van der Waals surface area (Å²) in [6.07, 6.45) is 2.23. The molecule has 0 amide bonds. The summed E-state index contributed by atoms with van der Waals surface area (Å²) in [5, 5.41) is 2.18. The first kappa shape index (κ1) is 25.4. The number of aromatic nitrogens is 2. The number of pyridine rings is 2. The molecule has 4 nitrogen and oxygen atoms in total. The average molecular weight is 562 g/mol. The van der Waals surface area contributed by atoms with Crippen LogP contribution in [0.4, 0.5) is 21.6 Å². The third kappa shape index (κ3) is 3.96. The largest absolute Gasteiger partial charge is 0.456 e. The molecular weight excluding hydrogens is 533 g/mol. The van der Waals surface area contributed by atoms with Crippen LogP contribution in [0.5, 0.6) is 0 Å². The monoisotopic (exact) mass is 561 g/mol. The van der Waals surface area contributed by atoms with Gasteiger partial charge >= 0.3 is 0 Å². The van der Waals surface area contributed by atoms with Crippen LogP contribution in [0.2, 0.25) is 0 Å². The highest BCUT2D eigenvalue weighted by Crippen LogP contribution is 2.55. The zero-order chi connectivity index (χ0) is 29.1. The van der Waals surface area contributed by atoms with Crippen molar-refractivity contribution in [3.8, 4) is 11.3 Å². The molecule has 1 atom stereocenters. The highest BCUT2D eigenvalue weighted by Gasteiger charge is 2.40. The zero-order valence-corrected chi connectivity index (χ0v) is 23.8. The van der Waals surface area contributed by atoms with Crippen LogP contribution < -0.4 is 4.90 Å². The molecule has 0 spiro atoms. The van der Waals surface area contributed by atoms with Crippen molar-refractivity contribution in [3.63, 3.8) is 0 Å². The summed E-state index contributed by atoms with van der Waals surface area (Å²) in [5.74, 6) is 0.765. The predicted molar refractivity (Wildman–Crippen MR) is 171 cm³/mol. The van der Waals surface area contributed by atoms with Crippen LogP contribution in [0.15, 0.2) is 132 Å². The third-order valence-electron chi connectivity index (χ3n) is 8.64. The van der Waals surface area contributed by atoms with Gasteiger partial charge in [-0.3, -0.25) is 9.88 Å². The normalized spacial score (nSPS) is 14.4. The van der Waals surface area contributed by atoms with E-state index in [0.717, 1.165) is 61.5 Å². The number of fused-ring (bicyclic) bond motifs is 6. The Hall–Kier alpha value is -5.29. The number of nitrogens with zero attached hydrogens (tertiary/aromatic N) is 3. The molecule has 0 radical (unpaired) electrons. The Morgan fingerprint density at radius 1 is 0.698 bits per heavy atom. The maximum absolute atomic E-state index is 16.4. The number of rotatable bonds is 4. The molecule has 8 rings (SSSR count). The van der Waals surface area contributed by atoms with Crippen LogP contribution in [0.3, 0.4) is 0 Å². The van der Waals surface area contributed by atoms with Crippen LogP contribution >= 0.6 is 0 Å². The minimum absolute atomic E-state index is 0.424. The molecule has 0 bridgehead atoms. The molecule has 4 aromatic carbocycles. The molecular formula is C38H28FN3O. The number of benzene rings is 4. The number of hydrogen-bond donors (Lipinski definition) is 0. The van der Waals surface area contributed by atoms with E-state index in [1.165, 1.54) is 0 Å². The Balaban J connectivity index is 1.31. The average Bonchev–Trinajstić information content (AvgIpc) is 3.43. The van der Waals surface area contributed by atoms with Crippen LogP contribution in [0.1, 0.15) is 42.3 Å². The van der Waals surface area contributed by atoms with Gasteiger partial charge in [0.25, 0.3) is 0 Å². The van der Waals surface area contributed by atoms with E-state index in [9.17, 15) is 0 Å². The van der Waals surface area contributed by atoms with Gasteiger partial charge in [-0.2, -0.15) is 0 Å². The van der Waals surface area contributed by atoms with Crippen molar-refractivity contribution in [2.75, 3.05) is 4.90 Å².